The van der Waals surface area contributed by atoms with Crippen LogP contribution in [0.5, 0.6) is 0 Å². The molecule has 1 nitrogen and oxygen atoms in total. The first-order chi connectivity index (χ1) is 8.96. The van der Waals surface area contributed by atoms with Gasteiger partial charge in [0, 0.05) is 0 Å². The van der Waals surface area contributed by atoms with Crippen LogP contribution in [-0.2, 0) is 12.8 Å². The first kappa shape index (κ1) is 16.6. The molecule has 0 aliphatic rings. The molecule has 2 heteroatoms. The number of aryl methyl sites for hydroxylation is 2. The van der Waals surface area contributed by atoms with E-state index in [0.29, 0.717) is 14.5 Å². The van der Waals surface area contributed by atoms with Crippen molar-refractivity contribution in [2.45, 2.75) is 71.8 Å². The van der Waals surface area contributed by atoms with Crippen molar-refractivity contribution in [1.82, 2.24) is 0 Å². The summed E-state index contributed by atoms with van der Waals surface area (Å²) in [5.74, 6) is 6.17. The molecular weight excluding hydrogens is 299 g/mol. The summed E-state index contributed by atoms with van der Waals surface area (Å²) in [4.78, 5) is 0. The molecule has 106 valence electrons. The molecule has 1 N–H and O–H groups in total. The van der Waals surface area contributed by atoms with E-state index in [1.165, 1.54) is 48.5 Å². The van der Waals surface area contributed by atoms with Crippen LogP contribution < -0.4 is 0 Å². The van der Waals surface area contributed by atoms with Gasteiger partial charge in [-0.15, -0.1) is 0 Å². The summed E-state index contributed by atoms with van der Waals surface area (Å²) < 4.78 is 3.12. The Morgan fingerprint density at radius 2 is 1.79 bits per heavy atom. The van der Waals surface area contributed by atoms with Crippen molar-refractivity contribution in [3.63, 3.8) is 0 Å². The molecule has 0 amide bonds. The average Bonchev–Trinajstić information content (AvgIpc) is 2.73. The molecule has 0 saturated heterocycles. The normalized spacial score (nSPS) is 11.2. The average molecular weight is 325 g/mol. The number of aliphatic hydroxyl groups is 1. The Morgan fingerprint density at radius 1 is 1.16 bits per heavy atom. The van der Waals surface area contributed by atoms with Gasteiger partial charge in [-0.2, -0.15) is 0 Å². The van der Waals surface area contributed by atoms with Crippen molar-refractivity contribution < 1.29 is 5.11 Å². The SMILES string of the molecule is CCCCc1cc(C#CC(C)(C)O)c(CCCC)[se]1. The molecule has 0 saturated carbocycles. The number of hydrogen-bond acceptors (Lipinski definition) is 1. The van der Waals surface area contributed by atoms with Crippen molar-refractivity contribution in [3.8, 4) is 11.8 Å². The third-order valence-corrected chi connectivity index (χ3v) is 5.53. The van der Waals surface area contributed by atoms with Gasteiger partial charge in [0.05, 0.1) is 0 Å². The zero-order valence-corrected chi connectivity index (χ0v) is 14.4. The summed E-state index contributed by atoms with van der Waals surface area (Å²) >= 11 is 0.508. The van der Waals surface area contributed by atoms with Crippen molar-refractivity contribution in [1.29, 1.82) is 0 Å². The van der Waals surface area contributed by atoms with Gasteiger partial charge in [0.15, 0.2) is 0 Å². The van der Waals surface area contributed by atoms with Gasteiger partial charge in [-0.25, -0.2) is 0 Å². The fourth-order valence-electron chi connectivity index (χ4n) is 1.81. The maximum atomic E-state index is 9.74. The number of unbranched alkanes of at least 4 members (excludes halogenated alkanes) is 2. The van der Waals surface area contributed by atoms with Gasteiger partial charge in [-0.3, -0.25) is 0 Å². The monoisotopic (exact) mass is 326 g/mol. The van der Waals surface area contributed by atoms with Crippen LogP contribution in [0, 0.1) is 11.8 Å². The molecule has 0 aliphatic heterocycles. The Balaban J connectivity index is 2.90. The molecule has 0 bridgehead atoms. The van der Waals surface area contributed by atoms with Crippen molar-refractivity contribution in [3.05, 3.63) is 20.5 Å². The van der Waals surface area contributed by atoms with Crippen molar-refractivity contribution >= 4 is 14.5 Å². The fraction of sp³-hybridized carbons (Fsp3) is 0.647. The molecule has 0 aliphatic carbocycles. The van der Waals surface area contributed by atoms with Crippen molar-refractivity contribution in [2.75, 3.05) is 0 Å². The minimum absolute atomic E-state index is 0.508. The van der Waals surface area contributed by atoms with Crippen LogP contribution in [0.15, 0.2) is 6.07 Å². The Kier molecular flexibility index (Phi) is 6.94. The second-order valence-corrected chi connectivity index (χ2v) is 8.13. The Morgan fingerprint density at radius 3 is 2.37 bits per heavy atom. The Labute approximate surface area is 124 Å². The van der Waals surface area contributed by atoms with Gasteiger partial charge < -0.3 is 0 Å². The molecule has 0 spiro atoms. The maximum absolute atomic E-state index is 9.74. The van der Waals surface area contributed by atoms with Crippen LogP contribution >= 0.6 is 0 Å². The molecule has 0 atom stereocenters. The summed E-state index contributed by atoms with van der Waals surface area (Å²) in [7, 11) is 0. The van der Waals surface area contributed by atoms with E-state index in [2.05, 4.69) is 31.8 Å². The minimum atomic E-state index is -0.893. The number of rotatable bonds is 6. The quantitative estimate of drug-likeness (QED) is 0.626. The van der Waals surface area contributed by atoms with Gasteiger partial charge in [-0.1, -0.05) is 0 Å². The zero-order chi connectivity index (χ0) is 14.3. The molecule has 1 heterocycles. The van der Waals surface area contributed by atoms with E-state index in [1.54, 1.807) is 18.3 Å². The third kappa shape index (κ3) is 6.48. The molecular formula is C17H26OSe. The van der Waals surface area contributed by atoms with Crippen LogP contribution in [0.1, 0.15) is 67.8 Å². The van der Waals surface area contributed by atoms with E-state index in [1.807, 2.05) is 0 Å². The van der Waals surface area contributed by atoms with E-state index >= 15 is 0 Å². The zero-order valence-electron chi connectivity index (χ0n) is 12.7. The van der Waals surface area contributed by atoms with E-state index in [0.717, 1.165) is 0 Å². The molecule has 1 rings (SSSR count). The van der Waals surface area contributed by atoms with Gasteiger partial charge >= 0.3 is 124 Å². The first-order valence-corrected chi connectivity index (χ1v) is 9.04. The summed E-state index contributed by atoms with van der Waals surface area (Å²) in [5, 5.41) is 9.74. The first-order valence-electron chi connectivity index (χ1n) is 7.33. The Hall–Kier alpha value is -0.481. The predicted molar refractivity (Wildman–Crippen MR) is 83.8 cm³/mol. The van der Waals surface area contributed by atoms with Gasteiger partial charge in [0.1, 0.15) is 0 Å². The summed E-state index contributed by atoms with van der Waals surface area (Å²) in [6, 6.07) is 2.29. The van der Waals surface area contributed by atoms with Crippen LogP contribution in [0.3, 0.4) is 0 Å². The van der Waals surface area contributed by atoms with E-state index < -0.39 is 5.60 Å². The van der Waals surface area contributed by atoms with Crippen LogP contribution in [-0.4, -0.2) is 25.2 Å². The molecule has 19 heavy (non-hydrogen) atoms. The van der Waals surface area contributed by atoms with Crippen LogP contribution in [0.2, 0.25) is 0 Å². The topological polar surface area (TPSA) is 20.2 Å². The van der Waals surface area contributed by atoms with E-state index in [-0.39, 0.29) is 0 Å². The summed E-state index contributed by atoms with van der Waals surface area (Å²) in [6.45, 7) is 7.96. The van der Waals surface area contributed by atoms with Gasteiger partial charge in [-0.05, 0) is 0 Å². The fourth-order valence-corrected chi connectivity index (χ4v) is 4.34. The van der Waals surface area contributed by atoms with Crippen molar-refractivity contribution in [2.24, 2.45) is 0 Å². The second-order valence-electron chi connectivity index (χ2n) is 5.57. The molecule has 0 aromatic carbocycles. The van der Waals surface area contributed by atoms with Crippen LogP contribution in [0.25, 0.3) is 0 Å². The van der Waals surface area contributed by atoms with E-state index in [4.69, 9.17) is 0 Å². The molecule has 0 unspecified atom stereocenters. The Bertz CT molecular complexity index is 440. The third-order valence-electron chi connectivity index (χ3n) is 2.90. The molecule has 1 aromatic heterocycles. The van der Waals surface area contributed by atoms with Gasteiger partial charge in [0.25, 0.3) is 0 Å². The summed E-state index contributed by atoms with van der Waals surface area (Å²) in [6.07, 6.45) is 7.41. The van der Waals surface area contributed by atoms with Gasteiger partial charge in [0.2, 0.25) is 0 Å². The standard InChI is InChI=1S/C17H26OSe/c1-5-7-9-15-13-14(11-12-17(3,4)18)16(19-15)10-8-6-2/h13,18H,5-10H2,1-4H3. The summed E-state index contributed by atoms with van der Waals surface area (Å²) in [5.41, 5.74) is 0.303. The van der Waals surface area contributed by atoms with Crippen LogP contribution in [0.4, 0.5) is 0 Å². The molecule has 0 radical (unpaired) electrons. The number of hydrogen-bond donors (Lipinski definition) is 1. The predicted octanol–water partition coefficient (Wildman–Crippen LogP) is 3.55. The molecule has 1 aromatic rings. The second kappa shape index (κ2) is 7.95. The van der Waals surface area contributed by atoms with E-state index in [9.17, 15) is 5.11 Å². The molecule has 0 fully saturated rings.